The summed E-state index contributed by atoms with van der Waals surface area (Å²) >= 11 is 0. The predicted octanol–water partition coefficient (Wildman–Crippen LogP) is 5.35. The molecule has 1 fully saturated rings. The van der Waals surface area contributed by atoms with E-state index in [4.69, 9.17) is 15.2 Å². The number of amides is 3. The van der Waals surface area contributed by atoms with Gasteiger partial charge in [-0.2, -0.15) is 10.4 Å². The van der Waals surface area contributed by atoms with Gasteiger partial charge in [0.05, 0.1) is 47.6 Å². The molecule has 0 saturated carbocycles. The lowest BCUT2D eigenvalue weighted by Crippen LogP contribution is -2.51. The number of likely N-dealkylation sites (tertiary alicyclic amines) is 1. The van der Waals surface area contributed by atoms with Crippen LogP contribution in [0.5, 0.6) is 17.4 Å². The topological polar surface area (TPSA) is 214 Å². The average molecular weight is 722 g/mol. The summed E-state index contributed by atoms with van der Waals surface area (Å²) in [5.41, 5.74) is 5.78. The zero-order chi connectivity index (χ0) is 37.3. The fourth-order valence-corrected chi connectivity index (χ4v) is 5.57. The Kier molecular flexibility index (Phi) is 9.30. The zero-order valence-corrected chi connectivity index (χ0v) is 26.9. The van der Waals surface area contributed by atoms with Crippen LogP contribution in [0.4, 0.5) is 38.7 Å². The number of benzene rings is 2. The first-order valence-corrected chi connectivity index (χ1v) is 15.3. The number of aromatic nitrogens is 4. The van der Waals surface area contributed by atoms with Crippen LogP contribution in [0.3, 0.4) is 0 Å². The highest BCUT2D eigenvalue weighted by atomic mass is 19.3. The molecule has 1 aliphatic rings. The Balaban J connectivity index is 1.24. The molecular weight excluding hydrogens is 694 g/mol. The number of H-pyrrole nitrogens is 1. The van der Waals surface area contributed by atoms with E-state index in [1.165, 1.54) is 47.4 Å². The molecule has 6 N–H and O–H groups in total. The van der Waals surface area contributed by atoms with Crippen molar-refractivity contribution in [1.82, 2.24) is 30.0 Å². The number of aryl methyl sites for hydroxylation is 1. The number of aromatic amines is 1. The number of ketones is 1. The molecule has 268 valence electrons. The molecule has 19 heteroatoms. The van der Waals surface area contributed by atoms with Gasteiger partial charge in [0.15, 0.2) is 11.6 Å². The summed E-state index contributed by atoms with van der Waals surface area (Å²) in [6.45, 7) is 0.344. The van der Waals surface area contributed by atoms with Crippen LogP contribution < -0.4 is 25.8 Å². The first-order valence-electron chi connectivity index (χ1n) is 15.3. The van der Waals surface area contributed by atoms with E-state index in [2.05, 4.69) is 25.7 Å². The van der Waals surface area contributed by atoms with Crippen LogP contribution in [0, 0.1) is 29.9 Å². The molecule has 1 atom stereocenters. The van der Waals surface area contributed by atoms with Crippen molar-refractivity contribution in [3.8, 4) is 29.1 Å². The van der Waals surface area contributed by atoms with Crippen LogP contribution >= 0.6 is 0 Å². The fraction of sp³-hybridized carbons (Fsp3) is 0.212. The number of nitrogens with zero attached hydrogens (tertiary/aromatic N) is 5. The highest BCUT2D eigenvalue weighted by Gasteiger charge is 2.42. The first kappa shape index (κ1) is 35.0. The summed E-state index contributed by atoms with van der Waals surface area (Å²) in [5, 5.41) is 28.4. The number of ether oxygens (including phenoxy) is 2. The Morgan fingerprint density at radius 2 is 1.92 bits per heavy atom. The number of halogens is 4. The lowest BCUT2D eigenvalue weighted by atomic mass is 10.0. The first-order chi connectivity index (χ1) is 24.8. The van der Waals surface area contributed by atoms with E-state index in [0.717, 1.165) is 17.0 Å². The SMILES string of the molecule is Cc1cc(Oc2c(F)cccc2F)ncc1-n1ncc(C(=O)c2cc3cc(OCC(F)F)c(NC(=O)NC4(C#N)CCN(C(=O)O)C4)cc3[nH]2)c1N. The molecule has 15 nitrogen and oxygen atoms in total. The van der Waals surface area contributed by atoms with Crippen molar-refractivity contribution in [3.63, 3.8) is 0 Å². The van der Waals surface area contributed by atoms with Crippen LogP contribution in [0.15, 0.2) is 54.9 Å². The third kappa shape index (κ3) is 6.94. The van der Waals surface area contributed by atoms with Crippen LogP contribution in [0.1, 0.15) is 28.0 Å². The van der Waals surface area contributed by atoms with Gasteiger partial charge in [0.25, 0.3) is 6.43 Å². The van der Waals surface area contributed by atoms with Gasteiger partial charge in [-0.05, 0) is 42.8 Å². The van der Waals surface area contributed by atoms with Crippen molar-refractivity contribution in [3.05, 3.63) is 83.3 Å². The van der Waals surface area contributed by atoms with E-state index in [0.29, 0.717) is 16.6 Å². The van der Waals surface area contributed by atoms with Gasteiger partial charge in [-0.3, -0.25) is 4.79 Å². The molecule has 6 rings (SSSR count). The van der Waals surface area contributed by atoms with Gasteiger partial charge in [-0.25, -0.2) is 36.8 Å². The molecule has 1 aliphatic heterocycles. The third-order valence-corrected chi connectivity index (χ3v) is 8.15. The number of nitrogens with one attached hydrogen (secondary N) is 3. The van der Waals surface area contributed by atoms with Gasteiger partial charge in [-0.1, -0.05) is 6.07 Å². The predicted molar refractivity (Wildman–Crippen MR) is 175 cm³/mol. The number of carbonyl (C=O) groups excluding carboxylic acids is 2. The maximum atomic E-state index is 14.1. The minimum absolute atomic E-state index is 0.0105. The molecule has 52 heavy (non-hydrogen) atoms. The van der Waals surface area contributed by atoms with E-state index in [-0.39, 0.29) is 59.4 Å². The monoisotopic (exact) mass is 721 g/mol. The van der Waals surface area contributed by atoms with Crippen LogP contribution in [-0.2, 0) is 0 Å². The van der Waals surface area contributed by atoms with Crippen LogP contribution in [-0.4, -0.2) is 79.3 Å². The van der Waals surface area contributed by atoms with Gasteiger partial charge in [0.2, 0.25) is 17.4 Å². The molecule has 1 unspecified atom stereocenters. The number of carbonyl (C=O) groups is 3. The molecule has 4 heterocycles. The van der Waals surface area contributed by atoms with Crippen molar-refractivity contribution in [2.75, 3.05) is 30.7 Å². The minimum atomic E-state index is -2.86. The molecule has 1 saturated heterocycles. The second-order valence-corrected chi connectivity index (χ2v) is 11.7. The van der Waals surface area contributed by atoms with Crippen LogP contribution in [0.25, 0.3) is 16.6 Å². The summed E-state index contributed by atoms with van der Waals surface area (Å²) in [7, 11) is 0. The second-order valence-electron chi connectivity index (χ2n) is 11.7. The number of para-hydroxylation sites is 1. The fourth-order valence-electron chi connectivity index (χ4n) is 5.57. The third-order valence-electron chi connectivity index (χ3n) is 8.15. The summed E-state index contributed by atoms with van der Waals surface area (Å²) in [6, 6.07) is 9.73. The molecule has 0 bridgehead atoms. The molecule has 0 aliphatic carbocycles. The minimum Gasteiger partial charge on any atom is -0.485 e. The second kappa shape index (κ2) is 13.8. The Morgan fingerprint density at radius 3 is 2.58 bits per heavy atom. The largest absolute Gasteiger partial charge is 0.485 e. The number of nitrogen functional groups attached to an aromatic ring is 1. The zero-order valence-electron chi connectivity index (χ0n) is 26.9. The van der Waals surface area contributed by atoms with Gasteiger partial charge in [0.1, 0.15) is 23.7 Å². The summed E-state index contributed by atoms with van der Waals surface area (Å²) < 4.78 is 66.1. The number of nitrogens with two attached hydrogens (primary N) is 1. The lowest BCUT2D eigenvalue weighted by molar-refractivity contribution is 0.0823. The molecule has 3 aromatic heterocycles. The van der Waals surface area contributed by atoms with E-state index in [9.17, 15) is 42.3 Å². The quantitative estimate of drug-likeness (QED) is 0.0921. The van der Waals surface area contributed by atoms with Crippen molar-refractivity contribution in [1.29, 1.82) is 5.26 Å². The Labute approximate surface area is 290 Å². The summed E-state index contributed by atoms with van der Waals surface area (Å²) in [4.78, 5) is 45.9. The molecule has 0 radical (unpaired) electrons. The van der Waals surface area contributed by atoms with Crippen molar-refractivity contribution in [2.24, 2.45) is 0 Å². The van der Waals surface area contributed by atoms with Crippen LogP contribution in [0.2, 0.25) is 0 Å². The van der Waals surface area contributed by atoms with Crippen molar-refractivity contribution in [2.45, 2.75) is 25.3 Å². The smallest absolute Gasteiger partial charge is 0.407 e. The number of pyridine rings is 1. The molecule has 2 aromatic carbocycles. The maximum Gasteiger partial charge on any atom is 0.407 e. The standard InChI is InChI=1S/C33H27F4N9O6/c1-16-7-27(52-29-19(34)3-2-4-20(29)35)40-12-24(16)46-30(39)18(11-41-46)28(47)23-8-17-9-25(51-13-26(36)37)22(10-21(17)42-23)43-31(48)44-33(14-38)5-6-45(15-33)32(49)50/h2-4,7-12,26,42H,5-6,13,15,39H2,1H3,(H,49,50)(H2,43,44,48). The number of rotatable bonds is 10. The number of carboxylic acid groups (broad SMARTS) is 1. The lowest BCUT2D eigenvalue weighted by Gasteiger charge is -2.23. The van der Waals surface area contributed by atoms with Gasteiger partial charge in [0, 0.05) is 29.9 Å². The van der Waals surface area contributed by atoms with Gasteiger partial charge in [-0.15, -0.1) is 0 Å². The Bertz CT molecular complexity index is 2250. The van der Waals surface area contributed by atoms with E-state index < -0.39 is 53.9 Å². The number of nitriles is 1. The highest BCUT2D eigenvalue weighted by molar-refractivity contribution is 6.13. The number of fused-ring (bicyclic) bond motifs is 1. The van der Waals surface area contributed by atoms with Gasteiger partial charge >= 0.3 is 12.1 Å². The number of alkyl halides is 2. The van der Waals surface area contributed by atoms with Crippen molar-refractivity contribution < 1.29 is 46.5 Å². The molecule has 5 aromatic rings. The summed E-state index contributed by atoms with van der Waals surface area (Å²) in [6.07, 6.45) is -1.59. The number of hydrogen-bond donors (Lipinski definition) is 5. The summed E-state index contributed by atoms with van der Waals surface area (Å²) in [5.74, 6) is -3.44. The molecular formula is C33H27F4N9O6. The number of hydrogen-bond acceptors (Lipinski definition) is 9. The number of anilines is 2. The van der Waals surface area contributed by atoms with E-state index >= 15 is 0 Å². The van der Waals surface area contributed by atoms with Crippen molar-refractivity contribution >= 4 is 40.3 Å². The average Bonchev–Trinajstić information content (AvgIpc) is 3.82. The van der Waals surface area contributed by atoms with E-state index in [1.54, 1.807) is 6.92 Å². The van der Waals surface area contributed by atoms with Gasteiger partial charge < -0.3 is 40.8 Å². The highest BCUT2D eigenvalue weighted by Crippen LogP contribution is 2.33. The van der Waals surface area contributed by atoms with E-state index in [1.807, 2.05) is 6.07 Å². The number of urea groups is 1. The molecule has 3 amide bonds. The normalized spacial score (nSPS) is 15.4. The Morgan fingerprint density at radius 1 is 1.17 bits per heavy atom. The Hall–Kier alpha value is -6.84. The maximum absolute atomic E-state index is 14.1. The molecule has 0 spiro atoms.